The van der Waals surface area contributed by atoms with Gasteiger partial charge in [0.25, 0.3) is 5.91 Å². The molecule has 0 spiro atoms. The molecule has 3 atom stereocenters. The van der Waals surface area contributed by atoms with Crippen molar-refractivity contribution in [3.8, 4) is 0 Å². The summed E-state index contributed by atoms with van der Waals surface area (Å²) in [5, 5.41) is 0. The average Bonchev–Trinajstić information content (AvgIpc) is 2.82. The van der Waals surface area contributed by atoms with Crippen molar-refractivity contribution in [3.05, 3.63) is 59.7 Å². The molecule has 0 bridgehead atoms. The summed E-state index contributed by atoms with van der Waals surface area (Å²) < 4.78 is 62.6. The fourth-order valence-corrected chi connectivity index (χ4v) is 6.37. The van der Waals surface area contributed by atoms with E-state index in [4.69, 9.17) is 0 Å². The number of carbonyl (C=O) groups is 3. The molecule has 2 aromatic carbocycles. The third-order valence-electron chi connectivity index (χ3n) is 6.96. The highest BCUT2D eigenvalue weighted by molar-refractivity contribution is 8.00. The molecule has 1 heterocycles. The van der Waals surface area contributed by atoms with E-state index in [0.29, 0.717) is 18.7 Å². The first-order valence-electron chi connectivity index (χ1n) is 12.4. The molecule has 0 aromatic heterocycles. The largest absolute Gasteiger partial charge is 0.446 e. The Hall–Kier alpha value is -3.06. The predicted octanol–water partition coefficient (Wildman–Crippen LogP) is 4.48. The van der Waals surface area contributed by atoms with Crippen molar-refractivity contribution in [2.45, 2.75) is 55.1 Å². The van der Waals surface area contributed by atoms with Gasteiger partial charge in [0.2, 0.25) is 21.8 Å². The molecule has 4 rings (SSSR count). The number of fused-ring (bicyclic) bond motifs is 2. The van der Waals surface area contributed by atoms with E-state index in [1.165, 1.54) is 24.3 Å². The van der Waals surface area contributed by atoms with E-state index in [1.54, 1.807) is 21.9 Å². The number of thioether (sulfide) groups is 1. The number of hydrogen-bond acceptors (Lipinski definition) is 6. The molecule has 1 aliphatic heterocycles. The molecular formula is C26H28F3N3O5S2. The van der Waals surface area contributed by atoms with Crippen molar-refractivity contribution < 1.29 is 36.0 Å². The lowest BCUT2D eigenvalue weighted by atomic mass is 9.67. The molecular weight excluding hydrogens is 555 g/mol. The van der Waals surface area contributed by atoms with Crippen LogP contribution >= 0.6 is 11.8 Å². The zero-order chi connectivity index (χ0) is 28.5. The lowest BCUT2D eigenvalue weighted by Gasteiger charge is -2.55. The molecule has 3 unspecified atom stereocenters. The Labute approximate surface area is 229 Å². The number of para-hydroxylation sites is 1. The Morgan fingerprint density at radius 1 is 1.05 bits per heavy atom. The fourth-order valence-electron chi connectivity index (χ4n) is 5.31. The molecule has 0 radical (unpaired) electrons. The minimum atomic E-state index is -4.43. The predicted molar refractivity (Wildman–Crippen MR) is 140 cm³/mol. The number of carbonyl (C=O) groups excluding carboxylic acids is 3. The van der Waals surface area contributed by atoms with Crippen LogP contribution in [0.3, 0.4) is 0 Å². The van der Waals surface area contributed by atoms with Crippen molar-refractivity contribution in [2.24, 2.45) is 5.92 Å². The zero-order valence-electron chi connectivity index (χ0n) is 21.3. The van der Waals surface area contributed by atoms with Crippen LogP contribution in [0.1, 0.15) is 54.6 Å². The van der Waals surface area contributed by atoms with Crippen LogP contribution in [0.2, 0.25) is 0 Å². The second-order valence-electron chi connectivity index (χ2n) is 9.54. The van der Waals surface area contributed by atoms with Crippen LogP contribution < -0.4 is 9.62 Å². The number of nitrogens with zero attached hydrogens (tertiary/aromatic N) is 2. The molecule has 1 saturated carbocycles. The number of sulfonamides is 1. The monoisotopic (exact) mass is 583 g/mol. The number of hydrogen-bond donors (Lipinski definition) is 1. The first kappa shape index (κ1) is 28.9. The van der Waals surface area contributed by atoms with Gasteiger partial charge >= 0.3 is 5.51 Å². The number of rotatable bonds is 8. The van der Waals surface area contributed by atoms with Crippen LogP contribution in [0.5, 0.6) is 0 Å². The molecule has 2 aromatic rings. The molecule has 1 fully saturated rings. The van der Waals surface area contributed by atoms with Crippen LogP contribution in [-0.2, 0) is 19.6 Å². The van der Waals surface area contributed by atoms with E-state index in [0.717, 1.165) is 18.2 Å². The smallest absolute Gasteiger partial charge is 0.335 e. The Bertz CT molecular complexity index is 1370. The third kappa shape index (κ3) is 6.57. The Balaban J connectivity index is 1.58. The van der Waals surface area contributed by atoms with Crippen molar-refractivity contribution in [1.82, 2.24) is 9.62 Å². The fraction of sp³-hybridized carbons (Fsp3) is 0.423. The van der Waals surface area contributed by atoms with Gasteiger partial charge in [0.15, 0.2) is 0 Å². The number of anilines is 1. The van der Waals surface area contributed by atoms with E-state index in [9.17, 15) is 36.0 Å². The van der Waals surface area contributed by atoms with E-state index in [1.807, 2.05) is 23.8 Å². The summed E-state index contributed by atoms with van der Waals surface area (Å²) >= 11 is -0.243. The second kappa shape index (κ2) is 11.2. The molecule has 0 saturated heterocycles. The van der Waals surface area contributed by atoms with Crippen LogP contribution in [-0.4, -0.2) is 55.4 Å². The first-order valence-corrected chi connectivity index (χ1v) is 15.1. The highest BCUT2D eigenvalue weighted by atomic mass is 32.2. The van der Waals surface area contributed by atoms with E-state index < -0.39 is 21.4 Å². The molecule has 1 aliphatic carbocycles. The van der Waals surface area contributed by atoms with Gasteiger partial charge in [0, 0.05) is 47.5 Å². The van der Waals surface area contributed by atoms with Crippen molar-refractivity contribution in [2.75, 3.05) is 17.7 Å². The SMILES string of the molecule is CCN(C(=O)CCC(=O)NS(C)(=O)=O)C1c2ccccc2N(C(=O)c2ccc(SC(F)(F)F)cc2)C2CCC12. The molecule has 3 amide bonds. The van der Waals surface area contributed by atoms with Gasteiger partial charge in [-0.15, -0.1) is 0 Å². The number of benzene rings is 2. The summed E-state index contributed by atoms with van der Waals surface area (Å²) in [5.41, 5.74) is -2.76. The van der Waals surface area contributed by atoms with Gasteiger partial charge in [-0.2, -0.15) is 13.2 Å². The Kier molecular flexibility index (Phi) is 8.31. The second-order valence-corrected chi connectivity index (χ2v) is 12.4. The normalized spacial score (nSPS) is 20.3. The van der Waals surface area contributed by atoms with Crippen LogP contribution in [0.15, 0.2) is 53.4 Å². The van der Waals surface area contributed by atoms with Crippen molar-refractivity contribution in [1.29, 1.82) is 0 Å². The van der Waals surface area contributed by atoms with Gasteiger partial charge < -0.3 is 9.80 Å². The van der Waals surface area contributed by atoms with E-state index in [2.05, 4.69) is 0 Å². The van der Waals surface area contributed by atoms with Crippen LogP contribution in [0.25, 0.3) is 0 Å². The Morgan fingerprint density at radius 2 is 1.72 bits per heavy atom. The zero-order valence-corrected chi connectivity index (χ0v) is 22.9. The topological polar surface area (TPSA) is 104 Å². The standard InChI is InChI=1S/C26H28F3N3O5S2/c1-3-31(23(34)15-14-22(33)30-39(2,36)37)24-18-6-4-5-7-20(18)32(21-13-12-19(21)24)25(35)16-8-10-17(11-9-16)38-26(27,28)29/h4-11,19,21,24H,3,12-15H2,1-2H3,(H,30,33). The molecule has 8 nitrogen and oxygen atoms in total. The van der Waals surface area contributed by atoms with Gasteiger partial charge in [-0.05, 0) is 67.4 Å². The quantitative estimate of drug-likeness (QED) is 0.460. The maximum absolute atomic E-state index is 13.6. The summed E-state index contributed by atoms with van der Waals surface area (Å²) in [4.78, 5) is 42.2. The maximum Gasteiger partial charge on any atom is 0.446 e. The van der Waals surface area contributed by atoms with Crippen molar-refractivity contribution in [3.63, 3.8) is 0 Å². The Morgan fingerprint density at radius 3 is 2.28 bits per heavy atom. The van der Waals surface area contributed by atoms with Gasteiger partial charge in [0.1, 0.15) is 0 Å². The van der Waals surface area contributed by atoms with E-state index in [-0.39, 0.29) is 64.9 Å². The third-order valence-corrected chi connectivity index (χ3v) is 8.30. The highest BCUT2D eigenvalue weighted by Gasteiger charge is 2.51. The van der Waals surface area contributed by atoms with Gasteiger partial charge in [0.05, 0.1) is 12.3 Å². The maximum atomic E-state index is 13.6. The van der Waals surface area contributed by atoms with E-state index >= 15 is 0 Å². The van der Waals surface area contributed by atoms with Crippen LogP contribution in [0, 0.1) is 5.92 Å². The number of amides is 3. The number of nitrogens with one attached hydrogen (secondary N) is 1. The summed E-state index contributed by atoms with van der Waals surface area (Å²) in [5.74, 6) is -1.46. The first-order chi connectivity index (χ1) is 18.3. The summed E-state index contributed by atoms with van der Waals surface area (Å²) in [6, 6.07) is 12.0. The average molecular weight is 584 g/mol. The van der Waals surface area contributed by atoms with Crippen molar-refractivity contribution >= 4 is 45.2 Å². The summed E-state index contributed by atoms with van der Waals surface area (Å²) in [6.07, 6.45) is 1.87. The number of alkyl halides is 3. The molecule has 210 valence electrons. The van der Waals surface area contributed by atoms with Gasteiger partial charge in [-0.1, -0.05) is 18.2 Å². The highest BCUT2D eigenvalue weighted by Crippen LogP contribution is 2.52. The van der Waals surface area contributed by atoms with Crippen LogP contribution in [0.4, 0.5) is 18.9 Å². The molecule has 1 N–H and O–H groups in total. The lowest BCUT2D eigenvalue weighted by Crippen LogP contribution is -2.58. The molecule has 39 heavy (non-hydrogen) atoms. The summed E-state index contributed by atoms with van der Waals surface area (Å²) in [6.45, 7) is 2.17. The van der Waals surface area contributed by atoms with Gasteiger partial charge in [-0.3, -0.25) is 19.1 Å². The minimum absolute atomic E-state index is 0.0120. The summed E-state index contributed by atoms with van der Waals surface area (Å²) in [7, 11) is -3.73. The van der Waals surface area contributed by atoms with Gasteiger partial charge in [-0.25, -0.2) is 8.42 Å². The minimum Gasteiger partial charge on any atom is -0.335 e. The number of halogens is 3. The lowest BCUT2D eigenvalue weighted by molar-refractivity contribution is -0.137. The molecule has 13 heteroatoms. The molecule has 2 aliphatic rings.